The molecule has 0 unspecified atom stereocenters. The smallest absolute Gasteiger partial charge is 0.0991 e. The molecular weight excluding hydrogens is 619 g/mol. The molecule has 8 aromatic carbocycles. The van der Waals surface area contributed by atoms with Crippen molar-refractivity contribution in [2.24, 2.45) is 0 Å². The Morgan fingerprint density at radius 3 is 1.65 bits per heavy atom. The highest BCUT2D eigenvalue weighted by atomic mass is 14.3. The lowest BCUT2D eigenvalue weighted by atomic mass is 9.84. The molecule has 1 aliphatic rings. The third kappa shape index (κ3) is 4.49. The number of aryl methyl sites for hydroxylation is 1. The maximum Gasteiger partial charge on any atom is 0.0991 e. The Hall–Kier alpha value is -7.25. The minimum atomic E-state index is 0.624. The molecule has 8 aromatic rings. The summed E-state index contributed by atoms with van der Waals surface area (Å²) in [5.74, 6) is 0. The second kappa shape index (κ2) is 11.4. The summed E-state index contributed by atoms with van der Waals surface area (Å²) in [6.45, 7) is 6.37. The Bertz CT molecular complexity index is 2940. The van der Waals surface area contributed by atoms with Crippen LogP contribution in [0.3, 0.4) is 0 Å². The van der Waals surface area contributed by atoms with E-state index in [4.69, 9.17) is 0 Å². The molecule has 0 saturated heterocycles. The van der Waals surface area contributed by atoms with E-state index in [0.29, 0.717) is 16.7 Å². The van der Waals surface area contributed by atoms with Crippen LogP contribution in [0, 0.1) is 40.9 Å². The Morgan fingerprint density at radius 1 is 0.431 bits per heavy atom. The van der Waals surface area contributed by atoms with Crippen molar-refractivity contribution in [3.63, 3.8) is 0 Å². The summed E-state index contributed by atoms with van der Waals surface area (Å²) in [6.07, 6.45) is 1.93. The summed E-state index contributed by atoms with van der Waals surface area (Å²) in [4.78, 5) is 0. The lowest BCUT2D eigenvalue weighted by Gasteiger charge is -2.19. The van der Waals surface area contributed by atoms with Gasteiger partial charge < -0.3 is 0 Å². The minimum absolute atomic E-state index is 0.624. The molecule has 1 aliphatic carbocycles. The molecular formula is C48H27N3. The van der Waals surface area contributed by atoms with Crippen molar-refractivity contribution in [2.45, 2.75) is 6.92 Å². The predicted molar refractivity (Wildman–Crippen MR) is 209 cm³/mol. The highest BCUT2D eigenvalue weighted by molar-refractivity contribution is 6.24. The summed E-state index contributed by atoms with van der Waals surface area (Å²) in [5, 5.41) is 35.5. The van der Waals surface area contributed by atoms with Gasteiger partial charge in [0.05, 0.1) is 34.9 Å². The third-order valence-corrected chi connectivity index (χ3v) is 10.5. The first-order valence-electron chi connectivity index (χ1n) is 16.8. The van der Waals surface area contributed by atoms with Crippen molar-refractivity contribution in [1.82, 2.24) is 0 Å². The number of nitrogens with zero attached hydrogens (tertiary/aromatic N) is 3. The van der Waals surface area contributed by atoms with Gasteiger partial charge in [-0.25, -0.2) is 0 Å². The molecule has 234 valence electrons. The van der Waals surface area contributed by atoms with Crippen LogP contribution in [-0.4, -0.2) is 0 Å². The van der Waals surface area contributed by atoms with Gasteiger partial charge in [0.1, 0.15) is 0 Å². The van der Waals surface area contributed by atoms with Crippen LogP contribution >= 0.6 is 0 Å². The van der Waals surface area contributed by atoms with E-state index in [1.54, 1.807) is 0 Å². The lowest BCUT2D eigenvalue weighted by molar-refractivity contribution is 1.47. The van der Waals surface area contributed by atoms with Crippen molar-refractivity contribution in [3.05, 3.63) is 162 Å². The molecule has 0 aliphatic heterocycles. The van der Waals surface area contributed by atoms with Gasteiger partial charge in [0, 0.05) is 0 Å². The molecule has 0 atom stereocenters. The van der Waals surface area contributed by atoms with Crippen LogP contribution in [0.25, 0.3) is 94.0 Å². The maximum atomic E-state index is 9.61. The molecule has 51 heavy (non-hydrogen) atoms. The summed E-state index contributed by atoms with van der Waals surface area (Å²) >= 11 is 0. The van der Waals surface area contributed by atoms with Gasteiger partial charge >= 0.3 is 0 Å². The Labute approximate surface area is 295 Å². The van der Waals surface area contributed by atoms with E-state index in [9.17, 15) is 15.8 Å². The largest absolute Gasteiger partial charge is 0.192 e. The highest BCUT2D eigenvalue weighted by Crippen LogP contribution is 2.52. The lowest BCUT2D eigenvalue weighted by Crippen LogP contribution is -1.94. The topological polar surface area (TPSA) is 71.4 Å². The zero-order chi connectivity index (χ0) is 34.8. The quantitative estimate of drug-likeness (QED) is 0.179. The van der Waals surface area contributed by atoms with Gasteiger partial charge in [-0.15, -0.1) is 0 Å². The second-order valence-electron chi connectivity index (χ2n) is 13.1. The van der Waals surface area contributed by atoms with Gasteiger partial charge in [0.15, 0.2) is 0 Å². The fourth-order valence-corrected chi connectivity index (χ4v) is 8.02. The van der Waals surface area contributed by atoms with E-state index in [-0.39, 0.29) is 0 Å². The Kier molecular flexibility index (Phi) is 6.69. The number of fused-ring (bicyclic) bond motifs is 6. The zero-order valence-electron chi connectivity index (χ0n) is 27.8. The van der Waals surface area contributed by atoms with Crippen LogP contribution in [0.5, 0.6) is 0 Å². The van der Waals surface area contributed by atoms with E-state index in [1.165, 1.54) is 27.6 Å². The molecule has 0 aromatic heterocycles. The first-order valence-corrected chi connectivity index (χ1v) is 16.8. The summed E-state index contributed by atoms with van der Waals surface area (Å²) in [6, 6.07) is 50.4. The standard InChI is InChI=1S/C48H27N3/c1-3-35-28(2)40-21-42(33-16-12-30(26-50)13-17-33)46-23-43-38-9-5-8-37-36(34-7-4-6-31(20-34)27-51)18-19-39(48(37)38)44(43)24-47(46)45(40)22-41(35)32-14-10-29(25-49)11-15-32/h3-24H,1H2,2H3. The summed E-state index contributed by atoms with van der Waals surface area (Å²) in [5.41, 5.74) is 15.2. The average Bonchev–Trinajstić information content (AvgIpc) is 3.50. The van der Waals surface area contributed by atoms with Gasteiger partial charge in [-0.2, -0.15) is 15.8 Å². The van der Waals surface area contributed by atoms with Gasteiger partial charge in [0.2, 0.25) is 0 Å². The van der Waals surface area contributed by atoms with Gasteiger partial charge in [-0.1, -0.05) is 79.4 Å². The van der Waals surface area contributed by atoms with Crippen LogP contribution < -0.4 is 0 Å². The molecule has 3 nitrogen and oxygen atoms in total. The fourth-order valence-electron chi connectivity index (χ4n) is 8.02. The molecule has 0 amide bonds. The number of nitriles is 3. The highest BCUT2D eigenvalue weighted by Gasteiger charge is 2.25. The minimum Gasteiger partial charge on any atom is -0.192 e. The molecule has 3 heteroatoms. The van der Waals surface area contributed by atoms with E-state index in [1.807, 2.05) is 72.8 Å². The average molecular weight is 646 g/mol. The number of rotatable bonds is 4. The molecule has 0 radical (unpaired) electrons. The van der Waals surface area contributed by atoms with E-state index in [0.717, 1.165) is 71.4 Å². The third-order valence-electron chi connectivity index (χ3n) is 10.5. The maximum absolute atomic E-state index is 9.61. The van der Waals surface area contributed by atoms with Crippen LogP contribution in [0.15, 0.2) is 134 Å². The molecule has 0 heterocycles. The van der Waals surface area contributed by atoms with Crippen molar-refractivity contribution in [2.75, 3.05) is 0 Å². The number of benzene rings is 8. The second-order valence-corrected chi connectivity index (χ2v) is 13.1. The molecule has 9 rings (SSSR count). The molecule has 0 bridgehead atoms. The monoisotopic (exact) mass is 645 g/mol. The number of hydrogen-bond donors (Lipinski definition) is 0. The summed E-state index contributed by atoms with van der Waals surface area (Å²) in [7, 11) is 0. The van der Waals surface area contributed by atoms with E-state index in [2.05, 4.69) is 92.4 Å². The zero-order valence-corrected chi connectivity index (χ0v) is 27.8. The van der Waals surface area contributed by atoms with Crippen LogP contribution in [0.2, 0.25) is 0 Å². The normalized spacial score (nSPS) is 11.3. The first kappa shape index (κ1) is 29.9. The summed E-state index contributed by atoms with van der Waals surface area (Å²) < 4.78 is 0. The van der Waals surface area contributed by atoms with Crippen molar-refractivity contribution < 1.29 is 0 Å². The number of hydrogen-bond acceptors (Lipinski definition) is 3. The van der Waals surface area contributed by atoms with Crippen molar-refractivity contribution in [1.29, 1.82) is 15.8 Å². The first-order chi connectivity index (χ1) is 25.0. The van der Waals surface area contributed by atoms with Crippen LogP contribution in [0.1, 0.15) is 27.8 Å². The Balaban J connectivity index is 1.37. The molecule has 0 N–H and O–H groups in total. The van der Waals surface area contributed by atoms with E-state index >= 15 is 0 Å². The van der Waals surface area contributed by atoms with Gasteiger partial charge in [-0.05, 0) is 167 Å². The van der Waals surface area contributed by atoms with Gasteiger partial charge in [-0.3, -0.25) is 0 Å². The molecule has 0 spiro atoms. The van der Waals surface area contributed by atoms with Gasteiger partial charge in [0.25, 0.3) is 0 Å². The molecule has 0 fully saturated rings. The predicted octanol–water partition coefficient (Wildman–Crippen LogP) is 12.4. The van der Waals surface area contributed by atoms with E-state index < -0.39 is 0 Å². The SMILES string of the molecule is C=Cc1c(-c2ccc(C#N)cc2)cc2c(cc(-c3ccc(C#N)cc3)c3cc4c(cc32)-c2ccc(-c3cccc(C#N)c3)c3cccc-4c23)c1C. The van der Waals surface area contributed by atoms with Crippen LogP contribution in [0.4, 0.5) is 0 Å². The Morgan fingerprint density at radius 2 is 0.980 bits per heavy atom. The fraction of sp³-hybridized carbons (Fsp3) is 0.0208. The molecule has 0 saturated carbocycles. The van der Waals surface area contributed by atoms with Crippen molar-refractivity contribution in [3.8, 4) is 73.8 Å². The van der Waals surface area contributed by atoms with Crippen molar-refractivity contribution >= 4 is 38.4 Å². The van der Waals surface area contributed by atoms with Crippen LogP contribution in [-0.2, 0) is 0 Å².